The van der Waals surface area contributed by atoms with Crippen LogP contribution in [0.3, 0.4) is 0 Å². The summed E-state index contributed by atoms with van der Waals surface area (Å²) >= 11 is 0. The standard InChI is InChI=1S/C12H12FNO/c1-2-6-14-7-5-9-8-10(13)3-4-11(9)12(14)15/h2-4,8H,1,5-7H2. The Morgan fingerprint density at radius 3 is 3.07 bits per heavy atom. The van der Waals surface area contributed by atoms with Gasteiger partial charge in [0.2, 0.25) is 0 Å². The topological polar surface area (TPSA) is 20.3 Å². The molecular formula is C12H12FNO. The maximum absolute atomic E-state index is 12.9. The van der Waals surface area contributed by atoms with Crippen LogP contribution in [0, 0.1) is 5.82 Å². The van der Waals surface area contributed by atoms with Gasteiger partial charge in [0, 0.05) is 18.7 Å². The average molecular weight is 205 g/mol. The number of halogens is 1. The highest BCUT2D eigenvalue weighted by Crippen LogP contribution is 2.19. The lowest BCUT2D eigenvalue weighted by molar-refractivity contribution is 0.0759. The number of amides is 1. The lowest BCUT2D eigenvalue weighted by atomic mass is 9.99. The van der Waals surface area contributed by atoms with E-state index >= 15 is 0 Å². The van der Waals surface area contributed by atoms with Gasteiger partial charge < -0.3 is 4.90 Å². The fourth-order valence-electron chi connectivity index (χ4n) is 1.84. The van der Waals surface area contributed by atoms with Crippen LogP contribution in [0.25, 0.3) is 0 Å². The van der Waals surface area contributed by atoms with E-state index in [0.29, 0.717) is 25.1 Å². The molecule has 0 aromatic heterocycles. The van der Waals surface area contributed by atoms with Crippen LogP contribution >= 0.6 is 0 Å². The molecule has 2 rings (SSSR count). The third-order valence-corrected chi connectivity index (χ3v) is 2.59. The van der Waals surface area contributed by atoms with E-state index in [0.717, 1.165) is 5.56 Å². The summed E-state index contributed by atoms with van der Waals surface area (Å²) < 4.78 is 12.9. The number of fused-ring (bicyclic) bond motifs is 1. The van der Waals surface area contributed by atoms with Gasteiger partial charge in [0.05, 0.1) is 0 Å². The average Bonchev–Trinajstić information content (AvgIpc) is 2.22. The van der Waals surface area contributed by atoms with Crippen molar-refractivity contribution in [2.75, 3.05) is 13.1 Å². The minimum Gasteiger partial charge on any atom is -0.335 e. The van der Waals surface area contributed by atoms with Crippen molar-refractivity contribution in [2.24, 2.45) is 0 Å². The van der Waals surface area contributed by atoms with Crippen molar-refractivity contribution in [3.63, 3.8) is 0 Å². The van der Waals surface area contributed by atoms with Crippen LogP contribution in [0.5, 0.6) is 0 Å². The molecule has 1 aliphatic rings. The fourth-order valence-corrected chi connectivity index (χ4v) is 1.84. The Morgan fingerprint density at radius 2 is 2.33 bits per heavy atom. The smallest absolute Gasteiger partial charge is 0.254 e. The molecule has 0 unspecified atom stereocenters. The molecule has 1 aromatic rings. The van der Waals surface area contributed by atoms with E-state index < -0.39 is 0 Å². The van der Waals surface area contributed by atoms with Crippen molar-refractivity contribution in [1.29, 1.82) is 0 Å². The molecular weight excluding hydrogens is 193 g/mol. The molecule has 0 spiro atoms. The summed E-state index contributed by atoms with van der Waals surface area (Å²) in [5.41, 5.74) is 1.42. The number of nitrogens with zero attached hydrogens (tertiary/aromatic N) is 1. The van der Waals surface area contributed by atoms with Gasteiger partial charge in [0.15, 0.2) is 0 Å². The molecule has 0 radical (unpaired) electrons. The zero-order valence-electron chi connectivity index (χ0n) is 8.37. The first kappa shape index (κ1) is 9.90. The summed E-state index contributed by atoms with van der Waals surface area (Å²) in [7, 11) is 0. The maximum Gasteiger partial charge on any atom is 0.254 e. The third kappa shape index (κ3) is 1.77. The first-order valence-corrected chi connectivity index (χ1v) is 4.91. The Balaban J connectivity index is 2.34. The first-order chi connectivity index (χ1) is 7.22. The van der Waals surface area contributed by atoms with Gasteiger partial charge in [-0.05, 0) is 30.2 Å². The molecule has 0 saturated heterocycles. The van der Waals surface area contributed by atoms with Crippen LogP contribution in [-0.4, -0.2) is 23.9 Å². The number of carbonyl (C=O) groups excluding carboxylic acids is 1. The molecule has 0 aliphatic carbocycles. The Bertz CT molecular complexity index is 414. The van der Waals surface area contributed by atoms with Gasteiger partial charge in [0.1, 0.15) is 5.82 Å². The van der Waals surface area contributed by atoms with E-state index in [1.807, 2.05) is 0 Å². The summed E-state index contributed by atoms with van der Waals surface area (Å²) in [5.74, 6) is -0.310. The normalized spacial score (nSPS) is 15.0. The lowest BCUT2D eigenvalue weighted by Gasteiger charge is -2.27. The fraction of sp³-hybridized carbons (Fsp3) is 0.250. The second-order valence-corrected chi connectivity index (χ2v) is 3.59. The highest BCUT2D eigenvalue weighted by molar-refractivity contribution is 5.96. The summed E-state index contributed by atoms with van der Waals surface area (Å²) in [6.45, 7) is 4.80. The summed E-state index contributed by atoms with van der Waals surface area (Å²) in [6, 6.07) is 4.33. The van der Waals surface area contributed by atoms with Crippen LogP contribution in [0.15, 0.2) is 30.9 Å². The van der Waals surface area contributed by atoms with E-state index in [1.165, 1.54) is 12.1 Å². The van der Waals surface area contributed by atoms with E-state index in [1.54, 1.807) is 17.0 Å². The number of rotatable bonds is 2. The van der Waals surface area contributed by atoms with Crippen molar-refractivity contribution >= 4 is 5.91 Å². The predicted octanol–water partition coefficient (Wildman–Crippen LogP) is 2.01. The molecule has 1 aliphatic heterocycles. The molecule has 0 fully saturated rings. The zero-order valence-corrected chi connectivity index (χ0v) is 8.37. The van der Waals surface area contributed by atoms with Crippen molar-refractivity contribution in [3.05, 3.63) is 47.8 Å². The third-order valence-electron chi connectivity index (χ3n) is 2.59. The van der Waals surface area contributed by atoms with Gasteiger partial charge >= 0.3 is 0 Å². The Morgan fingerprint density at radius 1 is 1.53 bits per heavy atom. The molecule has 0 saturated carbocycles. The molecule has 0 bridgehead atoms. The van der Waals surface area contributed by atoms with Crippen molar-refractivity contribution < 1.29 is 9.18 Å². The summed E-state index contributed by atoms with van der Waals surface area (Å²) in [4.78, 5) is 13.6. The van der Waals surface area contributed by atoms with Crippen molar-refractivity contribution in [1.82, 2.24) is 4.90 Å². The van der Waals surface area contributed by atoms with Crippen molar-refractivity contribution in [3.8, 4) is 0 Å². The van der Waals surface area contributed by atoms with Crippen molar-refractivity contribution in [2.45, 2.75) is 6.42 Å². The largest absolute Gasteiger partial charge is 0.335 e. The number of carbonyl (C=O) groups is 1. The predicted molar refractivity (Wildman–Crippen MR) is 56.2 cm³/mol. The van der Waals surface area contributed by atoms with Gasteiger partial charge in [0.25, 0.3) is 5.91 Å². The first-order valence-electron chi connectivity index (χ1n) is 4.91. The highest BCUT2D eigenvalue weighted by Gasteiger charge is 2.23. The number of benzene rings is 1. The number of hydrogen-bond acceptors (Lipinski definition) is 1. The van der Waals surface area contributed by atoms with Crippen LogP contribution < -0.4 is 0 Å². The van der Waals surface area contributed by atoms with Gasteiger partial charge in [-0.3, -0.25) is 4.79 Å². The van der Waals surface area contributed by atoms with E-state index in [-0.39, 0.29) is 11.7 Å². The Kier molecular flexibility index (Phi) is 2.54. The Hall–Kier alpha value is -1.64. The molecule has 1 amide bonds. The molecule has 15 heavy (non-hydrogen) atoms. The summed E-state index contributed by atoms with van der Waals surface area (Å²) in [6.07, 6.45) is 2.42. The van der Waals surface area contributed by atoms with E-state index in [4.69, 9.17) is 0 Å². The minimum atomic E-state index is -0.279. The molecule has 78 valence electrons. The second-order valence-electron chi connectivity index (χ2n) is 3.59. The van der Waals surface area contributed by atoms with Crippen LogP contribution in [0.4, 0.5) is 4.39 Å². The summed E-state index contributed by atoms with van der Waals surface area (Å²) in [5, 5.41) is 0. The lowest BCUT2D eigenvalue weighted by Crippen LogP contribution is -2.37. The number of hydrogen-bond donors (Lipinski definition) is 0. The second kappa shape index (κ2) is 3.85. The molecule has 0 N–H and O–H groups in total. The minimum absolute atomic E-state index is 0.0313. The molecule has 1 aromatic carbocycles. The van der Waals surface area contributed by atoms with E-state index in [2.05, 4.69) is 6.58 Å². The SMILES string of the molecule is C=CCN1CCc2cc(F)ccc2C1=O. The molecule has 2 nitrogen and oxygen atoms in total. The molecule has 3 heteroatoms. The van der Waals surface area contributed by atoms with Gasteiger partial charge in [-0.1, -0.05) is 6.08 Å². The van der Waals surface area contributed by atoms with Crippen LogP contribution in [0.2, 0.25) is 0 Å². The van der Waals surface area contributed by atoms with Gasteiger partial charge in [-0.2, -0.15) is 0 Å². The van der Waals surface area contributed by atoms with Crippen LogP contribution in [0.1, 0.15) is 15.9 Å². The van der Waals surface area contributed by atoms with Gasteiger partial charge in [-0.25, -0.2) is 4.39 Å². The highest BCUT2D eigenvalue weighted by atomic mass is 19.1. The monoisotopic (exact) mass is 205 g/mol. The van der Waals surface area contributed by atoms with E-state index in [9.17, 15) is 9.18 Å². The molecule has 1 heterocycles. The molecule has 0 atom stereocenters. The van der Waals surface area contributed by atoms with Gasteiger partial charge in [-0.15, -0.1) is 6.58 Å². The van der Waals surface area contributed by atoms with Crippen LogP contribution in [-0.2, 0) is 6.42 Å². The maximum atomic E-state index is 12.9. The zero-order chi connectivity index (χ0) is 10.8. The quantitative estimate of drug-likeness (QED) is 0.676. The Labute approximate surface area is 88.0 Å².